The van der Waals surface area contributed by atoms with Gasteiger partial charge in [-0.2, -0.15) is 5.26 Å². The Kier molecular flexibility index (Phi) is 12.0. The maximum atomic E-state index is 8.83. The Bertz CT molecular complexity index is 408. The monoisotopic (exact) mass is 314 g/mol. The Labute approximate surface area is 143 Å². The highest BCUT2D eigenvalue weighted by Gasteiger charge is 2.05. The second-order valence-electron chi connectivity index (χ2n) is 6.41. The van der Waals surface area contributed by atoms with Gasteiger partial charge in [-0.05, 0) is 18.6 Å². The highest BCUT2D eigenvalue weighted by molar-refractivity contribution is 5.45. The average molecular weight is 315 g/mol. The van der Waals surface area contributed by atoms with E-state index in [4.69, 9.17) is 5.26 Å². The van der Waals surface area contributed by atoms with Gasteiger partial charge in [0.05, 0.1) is 12.5 Å². The summed E-state index contributed by atoms with van der Waals surface area (Å²) >= 11 is 0. The molecule has 0 radical (unpaired) electrons. The summed E-state index contributed by atoms with van der Waals surface area (Å²) in [5.41, 5.74) is 1.25. The number of nitrogens with zero attached hydrogens (tertiary/aromatic N) is 2. The molecule has 2 nitrogen and oxygen atoms in total. The Morgan fingerprint density at radius 3 is 1.91 bits per heavy atom. The molecule has 0 aromatic heterocycles. The van der Waals surface area contributed by atoms with Gasteiger partial charge < -0.3 is 4.90 Å². The van der Waals surface area contributed by atoms with Crippen molar-refractivity contribution < 1.29 is 0 Å². The topological polar surface area (TPSA) is 27.0 Å². The standard InChI is InChI=1S/C21H34N2/c1-2-3-4-5-6-7-8-9-10-14-19-23(20-15-18-22)21-16-12-11-13-17-21/h11-13,16-17H,2-10,14-15,19-20H2,1H3. The van der Waals surface area contributed by atoms with Gasteiger partial charge in [0.25, 0.3) is 0 Å². The van der Waals surface area contributed by atoms with E-state index in [-0.39, 0.29) is 0 Å². The lowest BCUT2D eigenvalue weighted by molar-refractivity contribution is 0.554. The van der Waals surface area contributed by atoms with Crippen LogP contribution in [0.2, 0.25) is 0 Å². The molecule has 0 saturated heterocycles. The molecule has 0 aliphatic carbocycles. The minimum atomic E-state index is 0.604. The van der Waals surface area contributed by atoms with Crippen LogP contribution in [-0.4, -0.2) is 13.1 Å². The molecule has 1 aromatic rings. The van der Waals surface area contributed by atoms with E-state index in [0.717, 1.165) is 13.1 Å². The molecule has 0 aliphatic rings. The van der Waals surface area contributed by atoms with Crippen LogP contribution in [0.4, 0.5) is 5.69 Å². The fourth-order valence-electron chi connectivity index (χ4n) is 2.98. The van der Waals surface area contributed by atoms with Crippen LogP contribution in [0.1, 0.15) is 77.6 Å². The largest absolute Gasteiger partial charge is 0.371 e. The third-order valence-corrected chi connectivity index (χ3v) is 4.40. The Balaban J connectivity index is 2.10. The van der Waals surface area contributed by atoms with E-state index in [1.807, 2.05) is 6.07 Å². The zero-order chi connectivity index (χ0) is 16.6. The van der Waals surface area contributed by atoms with Crippen LogP contribution < -0.4 is 4.90 Å². The van der Waals surface area contributed by atoms with Gasteiger partial charge >= 0.3 is 0 Å². The van der Waals surface area contributed by atoms with Crippen molar-refractivity contribution in [3.63, 3.8) is 0 Å². The van der Waals surface area contributed by atoms with E-state index < -0.39 is 0 Å². The summed E-state index contributed by atoms with van der Waals surface area (Å²) in [6.07, 6.45) is 14.3. The minimum absolute atomic E-state index is 0.604. The SMILES string of the molecule is CCCCCCCCCCCCN(CCC#N)c1ccccc1. The van der Waals surface area contributed by atoms with Crippen molar-refractivity contribution in [2.75, 3.05) is 18.0 Å². The van der Waals surface area contributed by atoms with Crippen molar-refractivity contribution in [2.24, 2.45) is 0 Å². The molecule has 1 rings (SSSR count). The summed E-state index contributed by atoms with van der Waals surface area (Å²) < 4.78 is 0. The highest BCUT2D eigenvalue weighted by atomic mass is 15.1. The van der Waals surface area contributed by atoms with Gasteiger partial charge in [-0.15, -0.1) is 0 Å². The lowest BCUT2D eigenvalue weighted by Crippen LogP contribution is -2.25. The number of hydrogen-bond acceptors (Lipinski definition) is 2. The zero-order valence-electron chi connectivity index (χ0n) is 15.0. The number of para-hydroxylation sites is 1. The van der Waals surface area contributed by atoms with Gasteiger partial charge in [-0.1, -0.05) is 82.9 Å². The van der Waals surface area contributed by atoms with E-state index in [9.17, 15) is 0 Å². The van der Waals surface area contributed by atoms with Gasteiger partial charge in [-0.25, -0.2) is 0 Å². The first-order chi connectivity index (χ1) is 11.4. The van der Waals surface area contributed by atoms with Crippen LogP contribution in [0.25, 0.3) is 0 Å². The number of benzene rings is 1. The third kappa shape index (κ3) is 10.00. The number of anilines is 1. The molecule has 0 spiro atoms. The smallest absolute Gasteiger partial charge is 0.0640 e. The molecule has 0 unspecified atom stereocenters. The first-order valence-electron chi connectivity index (χ1n) is 9.55. The molecule has 23 heavy (non-hydrogen) atoms. The summed E-state index contributed by atoms with van der Waals surface area (Å²) in [6, 6.07) is 12.8. The summed E-state index contributed by atoms with van der Waals surface area (Å²) in [5.74, 6) is 0. The van der Waals surface area contributed by atoms with Crippen molar-refractivity contribution in [3.05, 3.63) is 30.3 Å². The van der Waals surface area contributed by atoms with Crippen LogP contribution in [0.5, 0.6) is 0 Å². The Morgan fingerprint density at radius 1 is 0.783 bits per heavy atom. The number of nitriles is 1. The second-order valence-corrected chi connectivity index (χ2v) is 6.41. The van der Waals surface area contributed by atoms with Crippen LogP contribution in [0, 0.1) is 11.3 Å². The molecule has 0 bridgehead atoms. The van der Waals surface area contributed by atoms with Gasteiger partial charge in [0.15, 0.2) is 0 Å². The number of unbranched alkanes of at least 4 members (excludes halogenated alkanes) is 9. The first-order valence-corrected chi connectivity index (χ1v) is 9.55. The van der Waals surface area contributed by atoms with Crippen LogP contribution >= 0.6 is 0 Å². The van der Waals surface area contributed by atoms with Crippen molar-refractivity contribution in [2.45, 2.75) is 77.6 Å². The van der Waals surface area contributed by atoms with E-state index in [1.165, 1.54) is 69.9 Å². The fourth-order valence-corrected chi connectivity index (χ4v) is 2.98. The van der Waals surface area contributed by atoms with Crippen LogP contribution in [0.3, 0.4) is 0 Å². The van der Waals surface area contributed by atoms with Crippen molar-refractivity contribution in [1.29, 1.82) is 5.26 Å². The van der Waals surface area contributed by atoms with E-state index in [2.05, 4.69) is 42.2 Å². The molecule has 0 fully saturated rings. The van der Waals surface area contributed by atoms with E-state index in [0.29, 0.717) is 6.42 Å². The zero-order valence-corrected chi connectivity index (χ0v) is 15.0. The molecule has 2 heteroatoms. The van der Waals surface area contributed by atoms with Crippen LogP contribution in [-0.2, 0) is 0 Å². The Morgan fingerprint density at radius 2 is 1.35 bits per heavy atom. The molecule has 0 saturated carbocycles. The molecule has 128 valence electrons. The minimum Gasteiger partial charge on any atom is -0.371 e. The second kappa shape index (κ2) is 14.1. The summed E-state index contributed by atoms with van der Waals surface area (Å²) in [6.45, 7) is 4.19. The quantitative estimate of drug-likeness (QED) is 0.375. The first kappa shape index (κ1) is 19.6. The van der Waals surface area contributed by atoms with Gasteiger partial charge in [0, 0.05) is 18.8 Å². The molecular weight excluding hydrogens is 280 g/mol. The predicted octanol–water partition coefficient (Wildman–Crippen LogP) is 6.33. The maximum absolute atomic E-state index is 8.83. The van der Waals surface area contributed by atoms with E-state index >= 15 is 0 Å². The summed E-state index contributed by atoms with van der Waals surface area (Å²) in [5, 5.41) is 8.83. The van der Waals surface area contributed by atoms with Gasteiger partial charge in [-0.3, -0.25) is 0 Å². The van der Waals surface area contributed by atoms with E-state index in [1.54, 1.807) is 0 Å². The van der Waals surface area contributed by atoms with Crippen molar-refractivity contribution >= 4 is 5.69 Å². The predicted molar refractivity (Wildman–Crippen MR) is 101 cm³/mol. The molecule has 0 heterocycles. The molecule has 0 N–H and O–H groups in total. The van der Waals surface area contributed by atoms with Gasteiger partial charge in [0.2, 0.25) is 0 Å². The highest BCUT2D eigenvalue weighted by Crippen LogP contribution is 2.16. The lowest BCUT2D eigenvalue weighted by atomic mass is 10.1. The Hall–Kier alpha value is -1.49. The molecule has 1 aromatic carbocycles. The normalized spacial score (nSPS) is 10.4. The maximum Gasteiger partial charge on any atom is 0.0640 e. The average Bonchev–Trinajstić information content (AvgIpc) is 2.60. The molecule has 0 aliphatic heterocycles. The third-order valence-electron chi connectivity index (χ3n) is 4.40. The van der Waals surface area contributed by atoms with Crippen molar-refractivity contribution in [3.8, 4) is 6.07 Å². The number of hydrogen-bond donors (Lipinski definition) is 0. The number of rotatable bonds is 14. The van der Waals surface area contributed by atoms with Gasteiger partial charge in [0.1, 0.15) is 0 Å². The van der Waals surface area contributed by atoms with Crippen LogP contribution in [0.15, 0.2) is 30.3 Å². The lowest BCUT2D eigenvalue weighted by Gasteiger charge is -2.23. The molecular formula is C21H34N2. The van der Waals surface area contributed by atoms with Crippen molar-refractivity contribution in [1.82, 2.24) is 0 Å². The fraction of sp³-hybridized carbons (Fsp3) is 0.667. The molecule has 0 amide bonds. The summed E-state index contributed by atoms with van der Waals surface area (Å²) in [7, 11) is 0. The summed E-state index contributed by atoms with van der Waals surface area (Å²) in [4.78, 5) is 2.36. The molecule has 0 atom stereocenters.